The van der Waals surface area contributed by atoms with Crippen molar-refractivity contribution in [2.24, 2.45) is 5.92 Å². The maximum Gasteiger partial charge on any atom is 0.224 e. The predicted octanol–water partition coefficient (Wildman–Crippen LogP) is 1.70. The summed E-state index contributed by atoms with van der Waals surface area (Å²) >= 11 is 5.66. The van der Waals surface area contributed by atoms with E-state index in [4.69, 9.17) is 11.6 Å². The van der Waals surface area contributed by atoms with Crippen molar-refractivity contribution in [1.29, 1.82) is 0 Å². The van der Waals surface area contributed by atoms with Crippen LogP contribution in [0.3, 0.4) is 0 Å². The molecule has 2 N–H and O–H groups in total. The second kappa shape index (κ2) is 4.77. The molecule has 0 aromatic carbocycles. The monoisotopic (exact) mass is 227 g/mol. The average molecular weight is 228 g/mol. The van der Waals surface area contributed by atoms with Crippen molar-refractivity contribution in [1.82, 2.24) is 9.97 Å². The van der Waals surface area contributed by atoms with Crippen LogP contribution in [-0.4, -0.2) is 27.7 Å². The van der Waals surface area contributed by atoms with Crippen LogP contribution in [0.25, 0.3) is 0 Å². The molecule has 0 radical (unpaired) electrons. The van der Waals surface area contributed by atoms with Crippen LogP contribution in [0, 0.1) is 5.92 Å². The van der Waals surface area contributed by atoms with Crippen LogP contribution in [-0.2, 0) is 0 Å². The molecule has 0 amide bonds. The van der Waals surface area contributed by atoms with Gasteiger partial charge in [0.2, 0.25) is 5.28 Å². The molecule has 2 rings (SSSR count). The van der Waals surface area contributed by atoms with Crippen molar-refractivity contribution in [2.75, 3.05) is 11.9 Å². The minimum absolute atomic E-state index is 0.120. The molecule has 2 atom stereocenters. The SMILES string of the molecule is OC1CCC(CNc2ccnc(Cl)n2)C1. The van der Waals surface area contributed by atoms with Crippen LogP contribution in [0.5, 0.6) is 0 Å². The Balaban J connectivity index is 1.83. The number of halogens is 1. The fraction of sp³-hybridized carbons (Fsp3) is 0.600. The highest BCUT2D eigenvalue weighted by atomic mass is 35.5. The van der Waals surface area contributed by atoms with E-state index in [1.165, 1.54) is 0 Å². The summed E-state index contributed by atoms with van der Waals surface area (Å²) in [6.45, 7) is 0.838. The molecule has 1 heterocycles. The normalized spacial score (nSPS) is 25.5. The van der Waals surface area contributed by atoms with Gasteiger partial charge in [-0.05, 0) is 42.8 Å². The average Bonchev–Trinajstić information content (AvgIpc) is 2.62. The lowest BCUT2D eigenvalue weighted by Crippen LogP contribution is -2.13. The van der Waals surface area contributed by atoms with Gasteiger partial charge in [-0.2, -0.15) is 0 Å². The zero-order chi connectivity index (χ0) is 10.7. The molecule has 1 aromatic heterocycles. The Hall–Kier alpha value is -0.870. The molecule has 0 saturated heterocycles. The molecule has 1 aromatic rings. The van der Waals surface area contributed by atoms with Crippen molar-refractivity contribution < 1.29 is 5.11 Å². The van der Waals surface area contributed by atoms with Gasteiger partial charge in [0.05, 0.1) is 6.10 Å². The number of nitrogens with one attached hydrogen (secondary N) is 1. The van der Waals surface area contributed by atoms with Gasteiger partial charge in [-0.1, -0.05) is 0 Å². The van der Waals surface area contributed by atoms with Crippen LogP contribution in [0.1, 0.15) is 19.3 Å². The first-order valence-corrected chi connectivity index (χ1v) is 5.52. The van der Waals surface area contributed by atoms with Crippen molar-refractivity contribution in [2.45, 2.75) is 25.4 Å². The topological polar surface area (TPSA) is 58.0 Å². The van der Waals surface area contributed by atoms with Crippen LogP contribution in [0.2, 0.25) is 5.28 Å². The number of aromatic nitrogens is 2. The molecule has 1 aliphatic rings. The maximum atomic E-state index is 9.37. The molecule has 82 valence electrons. The molecule has 1 saturated carbocycles. The first-order valence-electron chi connectivity index (χ1n) is 5.14. The molecule has 0 spiro atoms. The van der Waals surface area contributed by atoms with Gasteiger partial charge in [0.25, 0.3) is 0 Å². The molecule has 15 heavy (non-hydrogen) atoms. The second-order valence-electron chi connectivity index (χ2n) is 3.92. The van der Waals surface area contributed by atoms with Gasteiger partial charge in [-0.15, -0.1) is 0 Å². The van der Waals surface area contributed by atoms with E-state index in [-0.39, 0.29) is 11.4 Å². The fourth-order valence-corrected chi connectivity index (χ4v) is 2.06. The first-order chi connectivity index (χ1) is 7.24. The molecular weight excluding hydrogens is 214 g/mol. The first kappa shape index (κ1) is 10.6. The van der Waals surface area contributed by atoms with Gasteiger partial charge in [0, 0.05) is 12.7 Å². The van der Waals surface area contributed by atoms with Crippen molar-refractivity contribution in [3.63, 3.8) is 0 Å². The van der Waals surface area contributed by atoms with Gasteiger partial charge >= 0.3 is 0 Å². The summed E-state index contributed by atoms with van der Waals surface area (Å²) in [6.07, 6.45) is 4.38. The summed E-state index contributed by atoms with van der Waals surface area (Å²) in [4.78, 5) is 7.84. The highest BCUT2D eigenvalue weighted by molar-refractivity contribution is 6.28. The number of nitrogens with zero attached hydrogens (tertiary/aromatic N) is 2. The van der Waals surface area contributed by atoms with Crippen molar-refractivity contribution >= 4 is 17.4 Å². The van der Waals surface area contributed by atoms with Crippen LogP contribution < -0.4 is 5.32 Å². The Morgan fingerprint density at radius 2 is 2.40 bits per heavy atom. The van der Waals surface area contributed by atoms with Crippen LogP contribution >= 0.6 is 11.6 Å². The van der Waals surface area contributed by atoms with Crippen molar-refractivity contribution in [3.8, 4) is 0 Å². The van der Waals surface area contributed by atoms with E-state index in [0.29, 0.717) is 5.92 Å². The summed E-state index contributed by atoms with van der Waals surface area (Å²) in [5.41, 5.74) is 0. The lowest BCUT2D eigenvalue weighted by molar-refractivity contribution is 0.178. The van der Waals surface area contributed by atoms with Gasteiger partial charge in [0.1, 0.15) is 5.82 Å². The Labute approximate surface area is 93.7 Å². The third-order valence-electron chi connectivity index (χ3n) is 2.71. The Morgan fingerprint density at radius 1 is 1.53 bits per heavy atom. The molecule has 2 unspecified atom stereocenters. The molecule has 0 aliphatic heterocycles. The lowest BCUT2D eigenvalue weighted by Gasteiger charge is -2.10. The number of rotatable bonds is 3. The molecule has 1 fully saturated rings. The Bertz CT molecular complexity index is 334. The van der Waals surface area contributed by atoms with Gasteiger partial charge < -0.3 is 10.4 Å². The quantitative estimate of drug-likeness (QED) is 0.772. The third kappa shape index (κ3) is 3.04. The number of hydrogen-bond acceptors (Lipinski definition) is 4. The number of aliphatic hydroxyl groups is 1. The van der Waals surface area contributed by atoms with E-state index in [9.17, 15) is 5.11 Å². The van der Waals surface area contributed by atoms with Gasteiger partial charge in [-0.25, -0.2) is 9.97 Å². The Kier molecular flexibility index (Phi) is 3.38. The molecule has 4 nitrogen and oxygen atoms in total. The summed E-state index contributed by atoms with van der Waals surface area (Å²) in [6, 6.07) is 1.79. The second-order valence-corrected chi connectivity index (χ2v) is 4.26. The van der Waals surface area contributed by atoms with Crippen LogP contribution in [0.4, 0.5) is 5.82 Å². The smallest absolute Gasteiger partial charge is 0.224 e. The minimum atomic E-state index is -0.120. The standard InChI is InChI=1S/C10H14ClN3O/c11-10-12-4-3-9(14-10)13-6-7-1-2-8(15)5-7/h3-4,7-8,15H,1-2,5-6H2,(H,12,13,14). The summed E-state index contributed by atoms with van der Waals surface area (Å²) in [5, 5.41) is 12.8. The number of aliphatic hydroxyl groups excluding tert-OH is 1. The zero-order valence-electron chi connectivity index (χ0n) is 8.36. The highest BCUT2D eigenvalue weighted by Crippen LogP contribution is 2.25. The summed E-state index contributed by atoms with van der Waals surface area (Å²) in [7, 11) is 0. The van der Waals surface area contributed by atoms with E-state index in [1.54, 1.807) is 12.3 Å². The van der Waals surface area contributed by atoms with E-state index in [0.717, 1.165) is 31.6 Å². The fourth-order valence-electron chi connectivity index (χ4n) is 1.92. The Morgan fingerprint density at radius 3 is 3.07 bits per heavy atom. The van der Waals surface area contributed by atoms with E-state index >= 15 is 0 Å². The largest absolute Gasteiger partial charge is 0.393 e. The van der Waals surface area contributed by atoms with Gasteiger partial charge in [0.15, 0.2) is 0 Å². The third-order valence-corrected chi connectivity index (χ3v) is 2.89. The summed E-state index contributed by atoms with van der Waals surface area (Å²) < 4.78 is 0. The lowest BCUT2D eigenvalue weighted by atomic mass is 10.1. The molecule has 0 bridgehead atoms. The van der Waals surface area contributed by atoms with Crippen molar-refractivity contribution in [3.05, 3.63) is 17.5 Å². The van der Waals surface area contributed by atoms with Gasteiger partial charge in [-0.3, -0.25) is 0 Å². The molecule has 1 aliphatic carbocycles. The summed E-state index contributed by atoms with van der Waals surface area (Å²) in [5.74, 6) is 1.28. The molecular formula is C10H14ClN3O. The molecule has 5 heteroatoms. The maximum absolute atomic E-state index is 9.37. The zero-order valence-corrected chi connectivity index (χ0v) is 9.11. The predicted molar refractivity (Wildman–Crippen MR) is 58.9 cm³/mol. The van der Waals surface area contributed by atoms with E-state index < -0.39 is 0 Å². The van der Waals surface area contributed by atoms with Crippen LogP contribution in [0.15, 0.2) is 12.3 Å². The van der Waals surface area contributed by atoms with E-state index in [1.807, 2.05) is 0 Å². The van der Waals surface area contributed by atoms with E-state index in [2.05, 4.69) is 15.3 Å². The number of hydrogen-bond donors (Lipinski definition) is 2. The highest BCUT2D eigenvalue weighted by Gasteiger charge is 2.22. The number of anilines is 1. The minimum Gasteiger partial charge on any atom is -0.393 e.